The Labute approximate surface area is 129 Å². The highest BCUT2D eigenvalue weighted by molar-refractivity contribution is 5.96. The molecule has 0 aliphatic carbocycles. The normalized spacial score (nSPS) is 11.2. The molecule has 1 N–H and O–H groups in total. The molecule has 0 fully saturated rings. The summed E-state index contributed by atoms with van der Waals surface area (Å²) >= 11 is 0. The molecule has 9 heteroatoms. The molecule has 0 bridgehead atoms. The van der Waals surface area contributed by atoms with E-state index in [1.54, 1.807) is 19.1 Å². The number of carbonyl (C=O) groups excluding carboxylic acids is 1. The lowest BCUT2D eigenvalue weighted by Gasteiger charge is -2.09. The number of rotatable bonds is 4. The van der Waals surface area contributed by atoms with Crippen LogP contribution in [0, 0.1) is 6.92 Å². The van der Waals surface area contributed by atoms with Crippen LogP contribution in [-0.2, 0) is 12.7 Å². The number of alkyl halides is 3. The van der Waals surface area contributed by atoms with E-state index in [0.717, 1.165) is 0 Å². The maximum atomic E-state index is 12.4. The van der Waals surface area contributed by atoms with E-state index >= 15 is 0 Å². The fraction of sp³-hybridized carbons (Fsp3) is 0.286. The molecule has 0 aliphatic rings. The van der Waals surface area contributed by atoms with Crippen molar-refractivity contribution in [3.05, 3.63) is 47.2 Å². The highest BCUT2D eigenvalue weighted by Gasteiger charge is 2.31. The van der Waals surface area contributed by atoms with E-state index in [-0.39, 0.29) is 23.8 Å². The first-order chi connectivity index (χ1) is 10.8. The number of hydrogen-bond acceptors (Lipinski definition) is 5. The second-order valence-corrected chi connectivity index (χ2v) is 4.58. The Bertz CT molecular complexity index is 702. The van der Waals surface area contributed by atoms with Gasteiger partial charge in [0.1, 0.15) is 11.4 Å². The molecule has 0 saturated heterocycles. The van der Waals surface area contributed by atoms with Gasteiger partial charge in [-0.15, -0.1) is 0 Å². The predicted molar refractivity (Wildman–Crippen MR) is 73.7 cm³/mol. The smallest absolute Gasteiger partial charge is 0.419 e. The third-order valence-corrected chi connectivity index (χ3v) is 2.88. The van der Waals surface area contributed by atoms with Crippen molar-refractivity contribution >= 4 is 5.91 Å². The molecule has 23 heavy (non-hydrogen) atoms. The van der Waals surface area contributed by atoms with E-state index in [9.17, 15) is 18.0 Å². The second-order valence-electron chi connectivity index (χ2n) is 4.58. The number of amides is 1. The van der Waals surface area contributed by atoms with Crippen LogP contribution in [0.25, 0.3) is 0 Å². The average Bonchev–Trinajstić information content (AvgIpc) is 2.52. The molecular weight excluding hydrogens is 313 g/mol. The number of methoxy groups -OCH3 is 1. The molecule has 0 spiro atoms. The van der Waals surface area contributed by atoms with Crippen LogP contribution in [0.1, 0.15) is 27.4 Å². The fourth-order valence-electron chi connectivity index (χ4n) is 1.71. The lowest BCUT2D eigenvalue weighted by Crippen LogP contribution is -2.25. The van der Waals surface area contributed by atoms with Crippen molar-refractivity contribution in [1.29, 1.82) is 0 Å². The highest BCUT2D eigenvalue weighted by atomic mass is 19.4. The molecule has 0 radical (unpaired) electrons. The summed E-state index contributed by atoms with van der Waals surface area (Å²) in [5.41, 5.74) is -0.0496. The summed E-state index contributed by atoms with van der Waals surface area (Å²) in [6, 6.07) is 3.19. The van der Waals surface area contributed by atoms with Crippen molar-refractivity contribution in [2.75, 3.05) is 7.11 Å². The molecule has 2 rings (SSSR count). The zero-order valence-corrected chi connectivity index (χ0v) is 12.3. The number of nitrogens with one attached hydrogen (secondary N) is 1. The van der Waals surface area contributed by atoms with Crippen LogP contribution >= 0.6 is 0 Å². The van der Waals surface area contributed by atoms with Crippen molar-refractivity contribution in [1.82, 2.24) is 20.3 Å². The number of nitrogens with zero attached hydrogens (tertiary/aromatic N) is 3. The minimum absolute atomic E-state index is 0.0605. The molecule has 122 valence electrons. The van der Waals surface area contributed by atoms with Gasteiger partial charge in [0.15, 0.2) is 0 Å². The first-order valence-electron chi connectivity index (χ1n) is 6.49. The monoisotopic (exact) mass is 326 g/mol. The summed E-state index contributed by atoms with van der Waals surface area (Å²) in [7, 11) is 1.39. The van der Waals surface area contributed by atoms with Crippen molar-refractivity contribution in [2.24, 2.45) is 0 Å². The van der Waals surface area contributed by atoms with E-state index in [1.807, 2.05) is 0 Å². The Morgan fingerprint density at radius 1 is 1.26 bits per heavy atom. The van der Waals surface area contributed by atoms with Gasteiger partial charge in [0.05, 0.1) is 19.2 Å². The molecule has 0 unspecified atom stereocenters. The van der Waals surface area contributed by atoms with E-state index in [4.69, 9.17) is 4.74 Å². The lowest BCUT2D eigenvalue weighted by molar-refractivity contribution is -0.138. The molecule has 6 nitrogen and oxygen atoms in total. The Hall–Kier alpha value is -2.71. The molecule has 2 aromatic rings. The van der Waals surface area contributed by atoms with Crippen molar-refractivity contribution < 1.29 is 22.7 Å². The Balaban J connectivity index is 2.05. The minimum atomic E-state index is -4.50. The van der Waals surface area contributed by atoms with Gasteiger partial charge in [-0.3, -0.25) is 4.79 Å². The van der Waals surface area contributed by atoms with Gasteiger partial charge in [0.2, 0.25) is 5.88 Å². The van der Waals surface area contributed by atoms with Crippen molar-refractivity contribution in [3.63, 3.8) is 0 Å². The number of aromatic nitrogens is 3. The number of halogens is 3. The zero-order valence-electron chi connectivity index (χ0n) is 12.3. The van der Waals surface area contributed by atoms with Gasteiger partial charge in [-0.05, 0) is 19.1 Å². The Morgan fingerprint density at radius 3 is 2.48 bits per heavy atom. The maximum Gasteiger partial charge on any atom is 0.419 e. The summed E-state index contributed by atoms with van der Waals surface area (Å²) < 4.78 is 42.2. The van der Waals surface area contributed by atoms with Crippen LogP contribution < -0.4 is 10.1 Å². The van der Waals surface area contributed by atoms with Crippen LogP contribution in [0.2, 0.25) is 0 Å². The first-order valence-corrected chi connectivity index (χ1v) is 6.49. The second kappa shape index (κ2) is 6.59. The predicted octanol–water partition coefficient (Wildman–Crippen LogP) is 2.14. The third kappa shape index (κ3) is 4.15. The minimum Gasteiger partial charge on any atom is -0.480 e. The van der Waals surface area contributed by atoms with Gasteiger partial charge in [-0.25, -0.2) is 15.0 Å². The number of pyridine rings is 1. The molecule has 0 aromatic carbocycles. The first kappa shape index (κ1) is 16.7. The molecule has 0 saturated carbocycles. The molecular formula is C14H13F3N4O2. The van der Waals surface area contributed by atoms with Crippen LogP contribution in [0.3, 0.4) is 0 Å². The van der Waals surface area contributed by atoms with Crippen LogP contribution in [0.5, 0.6) is 5.88 Å². The highest BCUT2D eigenvalue weighted by Crippen LogP contribution is 2.27. The molecule has 0 atom stereocenters. The quantitative estimate of drug-likeness (QED) is 0.931. The van der Waals surface area contributed by atoms with E-state index in [0.29, 0.717) is 18.1 Å². The van der Waals surface area contributed by atoms with Gasteiger partial charge >= 0.3 is 6.18 Å². The van der Waals surface area contributed by atoms with Crippen molar-refractivity contribution in [3.8, 4) is 5.88 Å². The van der Waals surface area contributed by atoms with Gasteiger partial charge in [-0.1, -0.05) is 0 Å². The van der Waals surface area contributed by atoms with E-state index in [2.05, 4.69) is 20.3 Å². The summed E-state index contributed by atoms with van der Waals surface area (Å²) in [4.78, 5) is 23.3. The standard InChI is InChI=1S/C14H13F3N4O2/c1-8-3-4-10(13(21-8)23-2)12(22)20-7-11-18-5-9(6-19-11)14(15,16)17/h3-6H,7H2,1-2H3,(H,20,22). The van der Waals surface area contributed by atoms with E-state index in [1.165, 1.54) is 7.11 Å². The van der Waals surface area contributed by atoms with Gasteiger partial charge in [-0.2, -0.15) is 13.2 Å². The third-order valence-electron chi connectivity index (χ3n) is 2.88. The number of aryl methyl sites for hydroxylation is 1. The molecule has 2 aromatic heterocycles. The molecule has 0 aliphatic heterocycles. The van der Waals surface area contributed by atoms with Crippen LogP contribution in [-0.4, -0.2) is 28.0 Å². The van der Waals surface area contributed by atoms with Crippen molar-refractivity contribution in [2.45, 2.75) is 19.6 Å². The largest absolute Gasteiger partial charge is 0.480 e. The Morgan fingerprint density at radius 2 is 1.91 bits per heavy atom. The summed E-state index contributed by atoms with van der Waals surface area (Å²) in [6.07, 6.45) is -3.16. The molecule has 2 heterocycles. The summed E-state index contributed by atoms with van der Waals surface area (Å²) in [5, 5.41) is 2.50. The number of carbonyl (C=O) groups is 1. The Kier molecular flexibility index (Phi) is 4.77. The average molecular weight is 326 g/mol. The van der Waals surface area contributed by atoms with Gasteiger partial charge in [0, 0.05) is 18.1 Å². The fourth-order valence-corrected chi connectivity index (χ4v) is 1.71. The van der Waals surface area contributed by atoms with Gasteiger partial charge < -0.3 is 10.1 Å². The van der Waals surface area contributed by atoms with Crippen LogP contribution in [0.4, 0.5) is 13.2 Å². The van der Waals surface area contributed by atoms with E-state index < -0.39 is 17.6 Å². The summed E-state index contributed by atoms with van der Waals surface area (Å²) in [5.74, 6) is -0.265. The SMILES string of the molecule is COc1nc(C)ccc1C(=O)NCc1ncc(C(F)(F)F)cn1. The molecule has 1 amide bonds. The topological polar surface area (TPSA) is 77.0 Å². The number of ether oxygens (including phenoxy) is 1. The summed E-state index contributed by atoms with van der Waals surface area (Å²) in [6.45, 7) is 1.63. The maximum absolute atomic E-state index is 12.4. The van der Waals surface area contributed by atoms with Gasteiger partial charge in [0.25, 0.3) is 5.91 Å². The van der Waals surface area contributed by atoms with Crippen LogP contribution in [0.15, 0.2) is 24.5 Å². The zero-order chi connectivity index (χ0) is 17.0. The number of hydrogen-bond donors (Lipinski definition) is 1. The lowest BCUT2D eigenvalue weighted by atomic mass is 10.2.